The smallest absolute Gasteiger partial charge is 0.253 e. The summed E-state index contributed by atoms with van der Waals surface area (Å²) in [6, 6.07) is 19.8. The molecule has 33 heavy (non-hydrogen) atoms. The van der Waals surface area contributed by atoms with Crippen LogP contribution in [-0.4, -0.2) is 57.8 Å². The molecule has 2 aromatic carbocycles. The van der Waals surface area contributed by atoms with Crippen molar-refractivity contribution in [3.63, 3.8) is 0 Å². The van der Waals surface area contributed by atoms with Gasteiger partial charge in [-0.15, -0.1) is 0 Å². The molecule has 0 saturated carbocycles. The molecule has 1 N–H and O–H groups in total. The quantitative estimate of drug-likeness (QED) is 0.273. The Labute approximate surface area is 193 Å². The summed E-state index contributed by atoms with van der Waals surface area (Å²) in [5.74, 6) is 1.60. The lowest BCUT2D eigenvalue weighted by molar-refractivity contribution is -0.345. The van der Waals surface area contributed by atoms with E-state index in [1.54, 1.807) is 6.20 Å². The highest BCUT2D eigenvalue weighted by atomic mass is 16.6. The summed E-state index contributed by atoms with van der Waals surface area (Å²) in [6.07, 6.45) is 3.66. The van der Waals surface area contributed by atoms with E-state index in [0.717, 1.165) is 33.3 Å². The number of nitrogens with zero attached hydrogens (tertiary/aromatic N) is 1. The number of aromatic amines is 1. The second-order valence-electron chi connectivity index (χ2n) is 7.26. The number of aromatic nitrogens is 2. The zero-order valence-corrected chi connectivity index (χ0v) is 18.6. The van der Waals surface area contributed by atoms with Crippen LogP contribution in [0.25, 0.3) is 21.8 Å². The molecule has 4 aromatic rings. The van der Waals surface area contributed by atoms with Crippen molar-refractivity contribution in [2.45, 2.75) is 0 Å². The number of nitrogens with one attached hydrogen (secondary N) is 1. The number of ether oxygens (including phenoxy) is 5. The van der Waals surface area contributed by atoms with Crippen LogP contribution < -0.4 is 14.5 Å². The van der Waals surface area contributed by atoms with Gasteiger partial charge in [-0.1, -0.05) is 24.3 Å². The Bertz CT molecular complexity index is 1040. The Balaban J connectivity index is 0.994. The molecule has 2 heterocycles. The predicted molar refractivity (Wildman–Crippen MR) is 126 cm³/mol. The van der Waals surface area contributed by atoms with Crippen molar-refractivity contribution in [2.24, 2.45) is 0 Å². The predicted octanol–water partition coefficient (Wildman–Crippen LogP) is 3.71. The Hall–Kier alpha value is -3.26. The summed E-state index contributed by atoms with van der Waals surface area (Å²) < 4.78 is 28.3. The maximum Gasteiger partial charge on any atom is 0.253 e. The average molecular weight is 450 g/mol. The monoisotopic (exact) mass is 449 g/mol. The van der Waals surface area contributed by atoms with Crippen molar-refractivity contribution >= 4 is 21.8 Å². The van der Waals surface area contributed by atoms with E-state index in [-0.39, 0.29) is 0 Å². The van der Waals surface area contributed by atoms with E-state index in [4.69, 9.17) is 23.7 Å². The van der Waals surface area contributed by atoms with Crippen LogP contribution in [-0.2, 0) is 14.2 Å². The molecule has 0 fully saturated rings. The fraction of sp³-hybridized carbons (Fsp3) is 0.308. The molecule has 0 radical (unpaired) electrons. The topological polar surface area (TPSA) is 73.2 Å². The maximum absolute atomic E-state index is 5.82. The summed E-state index contributed by atoms with van der Waals surface area (Å²) >= 11 is 0. The second kappa shape index (κ2) is 12.7. The summed E-state index contributed by atoms with van der Waals surface area (Å²) in [6.45, 7) is 4.01. The third-order valence-corrected chi connectivity index (χ3v) is 4.97. The zero-order valence-electron chi connectivity index (χ0n) is 18.6. The summed E-state index contributed by atoms with van der Waals surface area (Å²) in [7, 11) is 0. The average Bonchev–Trinajstić information content (AvgIpc) is 2.87. The van der Waals surface area contributed by atoms with Gasteiger partial charge in [0.05, 0.1) is 45.0 Å². The van der Waals surface area contributed by atoms with Gasteiger partial charge >= 0.3 is 0 Å². The molecule has 7 nitrogen and oxygen atoms in total. The minimum Gasteiger partial charge on any atom is -0.489 e. The van der Waals surface area contributed by atoms with Crippen LogP contribution in [0.3, 0.4) is 0 Å². The van der Waals surface area contributed by atoms with Crippen LogP contribution >= 0.6 is 0 Å². The lowest BCUT2D eigenvalue weighted by Crippen LogP contribution is -2.14. The lowest BCUT2D eigenvalue weighted by atomic mass is 10.2. The van der Waals surface area contributed by atoms with Crippen molar-refractivity contribution in [3.8, 4) is 11.5 Å². The van der Waals surface area contributed by atoms with E-state index in [2.05, 4.69) is 9.97 Å². The Kier molecular flexibility index (Phi) is 8.82. The lowest BCUT2D eigenvalue weighted by Gasteiger charge is -2.10. The number of fused-ring (bicyclic) bond motifs is 2. The fourth-order valence-electron chi connectivity index (χ4n) is 3.40. The van der Waals surface area contributed by atoms with Gasteiger partial charge in [0.2, 0.25) is 0 Å². The molecule has 0 aliphatic rings. The van der Waals surface area contributed by atoms with Gasteiger partial charge in [-0.2, -0.15) is 0 Å². The van der Waals surface area contributed by atoms with Gasteiger partial charge in [0.1, 0.15) is 24.5 Å². The van der Waals surface area contributed by atoms with E-state index in [9.17, 15) is 0 Å². The highest BCUT2D eigenvalue weighted by Crippen LogP contribution is 2.23. The van der Waals surface area contributed by atoms with Crippen molar-refractivity contribution in [2.75, 3.05) is 52.9 Å². The number of H-pyrrole nitrogens is 1. The first kappa shape index (κ1) is 22.9. The van der Waals surface area contributed by atoms with E-state index >= 15 is 0 Å². The largest absolute Gasteiger partial charge is 0.489 e. The number of hydrogen-bond acceptors (Lipinski definition) is 6. The van der Waals surface area contributed by atoms with Gasteiger partial charge in [0, 0.05) is 17.6 Å². The molecular formula is C26H29N2O5+. The Morgan fingerprint density at radius 2 is 1.15 bits per heavy atom. The van der Waals surface area contributed by atoms with E-state index in [0.29, 0.717) is 52.9 Å². The summed E-state index contributed by atoms with van der Waals surface area (Å²) in [5, 5.41) is 2.17. The molecule has 0 amide bonds. The maximum atomic E-state index is 5.82. The SMILES string of the molecule is c1cnc2c(OCCOCCOCCOCCOc3cccc4ccc[nH+]c34)cccc2c1. The minimum absolute atomic E-state index is 0.466. The third-order valence-electron chi connectivity index (χ3n) is 4.97. The van der Waals surface area contributed by atoms with Crippen molar-refractivity contribution in [3.05, 3.63) is 73.1 Å². The molecule has 172 valence electrons. The molecule has 4 rings (SSSR count). The standard InChI is InChI=1S/C26H28N2O5/c1-5-21-7-3-11-27-25(21)23(9-1)32-19-17-30-15-13-29-14-16-31-18-20-33-24-10-2-6-22-8-4-12-28-26(22)24/h1-12H,13-20H2/p+1. The Morgan fingerprint density at radius 3 is 1.91 bits per heavy atom. The van der Waals surface area contributed by atoms with Crippen molar-refractivity contribution in [1.29, 1.82) is 0 Å². The molecule has 0 atom stereocenters. The first-order valence-electron chi connectivity index (χ1n) is 11.1. The number of pyridine rings is 2. The normalized spacial score (nSPS) is 11.2. The number of hydrogen-bond donors (Lipinski definition) is 0. The van der Waals surface area contributed by atoms with Crippen LogP contribution in [0.15, 0.2) is 73.1 Å². The number of rotatable bonds is 14. The molecule has 0 aliphatic heterocycles. The molecule has 0 bridgehead atoms. The van der Waals surface area contributed by atoms with Crippen molar-refractivity contribution < 1.29 is 28.7 Å². The van der Waals surface area contributed by atoms with Crippen LogP contribution in [0.1, 0.15) is 0 Å². The van der Waals surface area contributed by atoms with Crippen LogP contribution in [0, 0.1) is 0 Å². The highest BCUT2D eigenvalue weighted by Gasteiger charge is 2.07. The minimum atomic E-state index is 0.466. The van der Waals surface area contributed by atoms with Gasteiger partial charge in [-0.25, -0.2) is 4.98 Å². The van der Waals surface area contributed by atoms with Gasteiger partial charge < -0.3 is 23.7 Å². The van der Waals surface area contributed by atoms with Crippen LogP contribution in [0.2, 0.25) is 0 Å². The molecule has 7 heteroatoms. The van der Waals surface area contributed by atoms with E-state index < -0.39 is 0 Å². The molecular weight excluding hydrogens is 420 g/mol. The van der Waals surface area contributed by atoms with Gasteiger partial charge in [0.25, 0.3) is 5.52 Å². The van der Waals surface area contributed by atoms with Crippen molar-refractivity contribution in [1.82, 2.24) is 4.98 Å². The second-order valence-corrected chi connectivity index (χ2v) is 7.26. The van der Waals surface area contributed by atoms with Gasteiger partial charge in [-0.3, -0.25) is 4.98 Å². The van der Waals surface area contributed by atoms with E-state index in [1.165, 1.54) is 0 Å². The molecule has 0 aliphatic carbocycles. The van der Waals surface area contributed by atoms with Gasteiger partial charge in [0.15, 0.2) is 11.9 Å². The third kappa shape index (κ3) is 6.86. The zero-order chi connectivity index (χ0) is 22.6. The molecule has 0 spiro atoms. The number of benzene rings is 2. The van der Waals surface area contributed by atoms with Gasteiger partial charge in [-0.05, 0) is 30.3 Å². The fourth-order valence-corrected chi connectivity index (χ4v) is 3.40. The van der Waals surface area contributed by atoms with Crippen LogP contribution in [0.5, 0.6) is 11.5 Å². The highest BCUT2D eigenvalue weighted by molar-refractivity contribution is 5.84. The first-order chi connectivity index (χ1) is 16.4. The molecule has 0 unspecified atom stereocenters. The molecule has 0 saturated heterocycles. The Morgan fingerprint density at radius 1 is 0.576 bits per heavy atom. The molecule has 2 aromatic heterocycles. The first-order valence-corrected chi connectivity index (χ1v) is 11.1. The van der Waals surface area contributed by atoms with E-state index in [1.807, 2.05) is 66.9 Å². The summed E-state index contributed by atoms with van der Waals surface area (Å²) in [5.41, 5.74) is 1.85. The number of para-hydroxylation sites is 2. The summed E-state index contributed by atoms with van der Waals surface area (Å²) in [4.78, 5) is 7.60. The van der Waals surface area contributed by atoms with Crippen LogP contribution in [0.4, 0.5) is 0 Å².